The number of nitrogens with one attached hydrogen (secondary N) is 1. The number of nitrogens with two attached hydrogens (primary N) is 1. The molecular formula is C10H15N3O. The van der Waals surface area contributed by atoms with Crippen LogP contribution in [-0.2, 0) is 4.79 Å². The molecule has 14 heavy (non-hydrogen) atoms. The molecule has 0 saturated carbocycles. The van der Waals surface area contributed by atoms with Crippen LogP contribution in [0.3, 0.4) is 0 Å². The van der Waals surface area contributed by atoms with Gasteiger partial charge in [0.1, 0.15) is 5.82 Å². The van der Waals surface area contributed by atoms with E-state index in [0.29, 0.717) is 17.9 Å². The van der Waals surface area contributed by atoms with Crippen molar-refractivity contribution in [2.45, 2.75) is 26.2 Å². The van der Waals surface area contributed by atoms with Gasteiger partial charge in [0.15, 0.2) is 0 Å². The number of rotatable bonds is 4. The second-order valence-corrected chi connectivity index (χ2v) is 3.13. The van der Waals surface area contributed by atoms with Gasteiger partial charge in [-0.3, -0.25) is 4.79 Å². The van der Waals surface area contributed by atoms with Crippen LogP contribution in [0.5, 0.6) is 0 Å². The Morgan fingerprint density at radius 2 is 2.36 bits per heavy atom. The molecule has 0 aliphatic heterocycles. The summed E-state index contributed by atoms with van der Waals surface area (Å²) in [6.07, 6.45) is 3.99. The summed E-state index contributed by atoms with van der Waals surface area (Å²) in [6, 6.07) is 3.40. The third-order valence-corrected chi connectivity index (χ3v) is 1.81. The van der Waals surface area contributed by atoms with Gasteiger partial charge in [0, 0.05) is 6.42 Å². The molecule has 0 bridgehead atoms. The van der Waals surface area contributed by atoms with E-state index in [1.54, 1.807) is 12.1 Å². The molecule has 4 heteroatoms. The average molecular weight is 193 g/mol. The molecule has 1 aromatic rings. The van der Waals surface area contributed by atoms with Gasteiger partial charge in [-0.1, -0.05) is 13.3 Å². The van der Waals surface area contributed by atoms with E-state index in [1.165, 1.54) is 6.20 Å². The molecule has 0 saturated heterocycles. The number of carbonyl (C=O) groups excluding carboxylic acids is 1. The van der Waals surface area contributed by atoms with Gasteiger partial charge in [-0.05, 0) is 18.6 Å². The van der Waals surface area contributed by atoms with Gasteiger partial charge in [0.2, 0.25) is 5.91 Å². The minimum absolute atomic E-state index is 0.00382. The molecule has 1 rings (SSSR count). The highest BCUT2D eigenvalue weighted by Gasteiger charge is 2.01. The smallest absolute Gasteiger partial charge is 0.225 e. The van der Waals surface area contributed by atoms with Crippen molar-refractivity contribution in [2.24, 2.45) is 0 Å². The van der Waals surface area contributed by atoms with Crippen LogP contribution in [0.4, 0.5) is 11.5 Å². The van der Waals surface area contributed by atoms with Gasteiger partial charge >= 0.3 is 0 Å². The summed E-state index contributed by atoms with van der Waals surface area (Å²) in [6.45, 7) is 2.05. The predicted octanol–water partition coefficient (Wildman–Crippen LogP) is 1.79. The Morgan fingerprint density at radius 1 is 1.57 bits per heavy atom. The van der Waals surface area contributed by atoms with Crippen LogP contribution >= 0.6 is 0 Å². The molecule has 4 nitrogen and oxygen atoms in total. The molecule has 0 aliphatic rings. The molecular weight excluding hydrogens is 178 g/mol. The quantitative estimate of drug-likeness (QED) is 0.766. The summed E-state index contributed by atoms with van der Waals surface area (Å²) in [5.41, 5.74) is 6.06. The topological polar surface area (TPSA) is 68.0 Å². The fraction of sp³-hybridized carbons (Fsp3) is 0.400. The second-order valence-electron chi connectivity index (χ2n) is 3.13. The van der Waals surface area contributed by atoms with Crippen LogP contribution < -0.4 is 11.1 Å². The van der Waals surface area contributed by atoms with E-state index < -0.39 is 0 Å². The molecule has 0 atom stereocenters. The summed E-state index contributed by atoms with van der Waals surface area (Å²) >= 11 is 0. The van der Waals surface area contributed by atoms with E-state index >= 15 is 0 Å². The number of hydrogen-bond donors (Lipinski definition) is 2. The lowest BCUT2D eigenvalue weighted by Crippen LogP contribution is -2.11. The number of unbranched alkanes of at least 4 members (excludes halogenated alkanes) is 1. The van der Waals surface area contributed by atoms with E-state index in [-0.39, 0.29) is 5.91 Å². The molecule has 0 aliphatic carbocycles. The summed E-state index contributed by atoms with van der Waals surface area (Å²) in [4.78, 5) is 15.2. The zero-order valence-corrected chi connectivity index (χ0v) is 8.29. The maximum atomic E-state index is 11.3. The maximum Gasteiger partial charge on any atom is 0.225 e. The van der Waals surface area contributed by atoms with Gasteiger partial charge in [0.25, 0.3) is 0 Å². The van der Waals surface area contributed by atoms with Crippen LogP contribution in [0.15, 0.2) is 18.3 Å². The summed E-state index contributed by atoms with van der Waals surface area (Å²) in [7, 11) is 0. The second kappa shape index (κ2) is 5.21. The summed E-state index contributed by atoms with van der Waals surface area (Å²) < 4.78 is 0. The number of pyridine rings is 1. The Hall–Kier alpha value is -1.58. The van der Waals surface area contributed by atoms with Gasteiger partial charge in [-0.15, -0.1) is 0 Å². The van der Waals surface area contributed by atoms with Crippen LogP contribution in [-0.4, -0.2) is 10.9 Å². The Labute approximate surface area is 83.5 Å². The number of carbonyl (C=O) groups is 1. The van der Waals surface area contributed by atoms with Crippen LogP contribution in [0.1, 0.15) is 26.2 Å². The number of nitrogen functional groups attached to an aromatic ring is 1. The number of anilines is 2. The van der Waals surface area contributed by atoms with Crippen molar-refractivity contribution in [3.8, 4) is 0 Å². The first-order valence-corrected chi connectivity index (χ1v) is 4.73. The van der Waals surface area contributed by atoms with Crippen molar-refractivity contribution in [3.05, 3.63) is 18.3 Å². The van der Waals surface area contributed by atoms with Crippen molar-refractivity contribution in [1.82, 2.24) is 4.98 Å². The highest BCUT2D eigenvalue weighted by molar-refractivity contribution is 5.89. The standard InChI is InChI=1S/C10H15N3O/c1-2-3-4-10(14)13-9-6-5-8(11)7-12-9/h5-7H,2-4,11H2,1H3,(H,12,13,14). The maximum absolute atomic E-state index is 11.3. The van der Waals surface area contributed by atoms with Gasteiger partial charge in [-0.2, -0.15) is 0 Å². The van der Waals surface area contributed by atoms with Gasteiger partial charge in [0.05, 0.1) is 11.9 Å². The lowest BCUT2D eigenvalue weighted by atomic mass is 10.2. The molecule has 1 amide bonds. The summed E-state index contributed by atoms with van der Waals surface area (Å²) in [5.74, 6) is 0.560. The minimum atomic E-state index is 0.00382. The fourth-order valence-electron chi connectivity index (χ4n) is 1.02. The third kappa shape index (κ3) is 3.43. The zero-order valence-electron chi connectivity index (χ0n) is 8.29. The number of amides is 1. The van der Waals surface area contributed by atoms with Crippen molar-refractivity contribution < 1.29 is 4.79 Å². The van der Waals surface area contributed by atoms with Crippen LogP contribution in [0, 0.1) is 0 Å². The molecule has 76 valence electrons. The van der Waals surface area contributed by atoms with Gasteiger partial charge < -0.3 is 11.1 Å². The number of nitrogens with zero attached hydrogens (tertiary/aromatic N) is 1. The first-order valence-electron chi connectivity index (χ1n) is 4.73. The first kappa shape index (κ1) is 10.5. The Kier molecular flexibility index (Phi) is 3.91. The molecule has 0 unspecified atom stereocenters. The van der Waals surface area contributed by atoms with Crippen molar-refractivity contribution in [1.29, 1.82) is 0 Å². The first-order chi connectivity index (χ1) is 6.72. The van der Waals surface area contributed by atoms with E-state index in [4.69, 9.17) is 5.73 Å². The molecule has 0 spiro atoms. The van der Waals surface area contributed by atoms with Crippen molar-refractivity contribution in [2.75, 3.05) is 11.1 Å². The molecule has 3 N–H and O–H groups in total. The van der Waals surface area contributed by atoms with E-state index in [2.05, 4.69) is 17.2 Å². The molecule has 1 aromatic heterocycles. The molecule has 1 heterocycles. The largest absolute Gasteiger partial charge is 0.397 e. The monoisotopic (exact) mass is 193 g/mol. The van der Waals surface area contributed by atoms with Gasteiger partial charge in [-0.25, -0.2) is 4.98 Å². The normalized spacial score (nSPS) is 9.79. The highest BCUT2D eigenvalue weighted by atomic mass is 16.1. The van der Waals surface area contributed by atoms with Crippen LogP contribution in [0.25, 0.3) is 0 Å². The average Bonchev–Trinajstić information content (AvgIpc) is 2.18. The minimum Gasteiger partial charge on any atom is -0.397 e. The third-order valence-electron chi connectivity index (χ3n) is 1.81. The Balaban J connectivity index is 2.44. The van der Waals surface area contributed by atoms with Crippen LogP contribution in [0.2, 0.25) is 0 Å². The highest BCUT2D eigenvalue weighted by Crippen LogP contribution is 2.06. The van der Waals surface area contributed by atoms with E-state index in [1.807, 2.05) is 0 Å². The molecule has 0 fully saturated rings. The number of hydrogen-bond acceptors (Lipinski definition) is 3. The number of aromatic nitrogens is 1. The lowest BCUT2D eigenvalue weighted by Gasteiger charge is -2.03. The van der Waals surface area contributed by atoms with Crippen molar-refractivity contribution in [3.63, 3.8) is 0 Å². The zero-order chi connectivity index (χ0) is 10.4. The molecule has 0 aromatic carbocycles. The van der Waals surface area contributed by atoms with Crippen molar-refractivity contribution >= 4 is 17.4 Å². The van der Waals surface area contributed by atoms with E-state index in [9.17, 15) is 4.79 Å². The molecule has 0 radical (unpaired) electrons. The predicted molar refractivity (Wildman–Crippen MR) is 56.8 cm³/mol. The lowest BCUT2D eigenvalue weighted by molar-refractivity contribution is -0.116. The Bertz CT molecular complexity index is 295. The summed E-state index contributed by atoms with van der Waals surface area (Å²) in [5, 5.41) is 2.70. The van der Waals surface area contributed by atoms with E-state index in [0.717, 1.165) is 12.8 Å². The Morgan fingerprint density at radius 3 is 2.93 bits per heavy atom. The fourth-order valence-corrected chi connectivity index (χ4v) is 1.02. The SMILES string of the molecule is CCCCC(=O)Nc1ccc(N)cn1.